The number of nitrogens with zero attached hydrogens (tertiary/aromatic N) is 2. The van der Waals surface area contributed by atoms with E-state index in [4.69, 9.17) is 11.6 Å². The maximum atomic E-state index is 12.3. The molecule has 0 atom stereocenters. The number of aromatic amines is 1. The van der Waals surface area contributed by atoms with Crippen molar-refractivity contribution in [3.63, 3.8) is 0 Å². The lowest BCUT2D eigenvalue weighted by Gasteiger charge is -2.21. The number of aromatic nitrogens is 2. The van der Waals surface area contributed by atoms with Gasteiger partial charge in [0.1, 0.15) is 6.54 Å². The van der Waals surface area contributed by atoms with Gasteiger partial charge in [-0.3, -0.25) is 5.10 Å². The molecule has 5 nitrogen and oxygen atoms in total. The molecule has 1 rings (SSSR count). The second kappa shape index (κ2) is 5.45. The molecular formula is C8H11ClF3N3O2S. The Kier molecular flexibility index (Phi) is 4.62. The van der Waals surface area contributed by atoms with E-state index < -0.39 is 27.8 Å². The monoisotopic (exact) mass is 305 g/mol. The Morgan fingerprint density at radius 3 is 2.56 bits per heavy atom. The number of nitrogens with one attached hydrogen (secondary N) is 1. The number of hydrogen-bond acceptors (Lipinski definition) is 3. The molecule has 18 heavy (non-hydrogen) atoms. The zero-order valence-electron chi connectivity index (χ0n) is 9.33. The second-order valence-corrected chi connectivity index (χ2v) is 5.55. The fraction of sp³-hybridized carbons (Fsp3) is 0.625. The van der Waals surface area contributed by atoms with E-state index in [1.807, 2.05) is 0 Å². The molecule has 0 bridgehead atoms. The molecule has 1 N–H and O–H groups in total. The molecule has 0 aromatic carbocycles. The van der Waals surface area contributed by atoms with Gasteiger partial charge in [-0.25, -0.2) is 8.42 Å². The Balaban J connectivity index is 3.12. The predicted molar refractivity (Wildman–Crippen MR) is 58.6 cm³/mol. The third-order valence-electron chi connectivity index (χ3n) is 2.13. The molecule has 10 heteroatoms. The normalized spacial score (nSPS) is 13.2. The summed E-state index contributed by atoms with van der Waals surface area (Å²) >= 11 is 5.50. The molecule has 0 saturated heterocycles. The SMILES string of the molecule is CCN(CC(F)(F)F)S(=O)(=O)c1[nH]ncc1CCl. The van der Waals surface area contributed by atoms with Gasteiger partial charge in [0.25, 0.3) is 10.0 Å². The highest BCUT2D eigenvalue weighted by atomic mass is 35.5. The zero-order valence-corrected chi connectivity index (χ0v) is 10.9. The van der Waals surface area contributed by atoms with Crippen LogP contribution in [-0.2, 0) is 15.9 Å². The Morgan fingerprint density at radius 1 is 1.50 bits per heavy atom. The van der Waals surface area contributed by atoms with Gasteiger partial charge in [-0.15, -0.1) is 11.6 Å². The summed E-state index contributed by atoms with van der Waals surface area (Å²) in [6.45, 7) is -0.533. The van der Waals surface area contributed by atoms with Crippen LogP contribution in [0.5, 0.6) is 0 Å². The van der Waals surface area contributed by atoms with Crippen LogP contribution in [0.2, 0.25) is 0 Å². The minimum absolute atomic E-state index is 0.136. The third kappa shape index (κ3) is 3.36. The van der Waals surface area contributed by atoms with Gasteiger partial charge < -0.3 is 0 Å². The predicted octanol–water partition coefficient (Wildman–Crippen LogP) is 1.72. The molecule has 0 aliphatic rings. The molecule has 1 aromatic rings. The van der Waals surface area contributed by atoms with E-state index in [1.165, 1.54) is 13.1 Å². The van der Waals surface area contributed by atoms with Crippen LogP contribution >= 0.6 is 11.6 Å². The largest absolute Gasteiger partial charge is 0.402 e. The Bertz CT molecular complexity index is 500. The van der Waals surface area contributed by atoms with Crippen molar-refractivity contribution in [1.29, 1.82) is 0 Å². The van der Waals surface area contributed by atoms with Crippen LogP contribution in [0, 0.1) is 0 Å². The van der Waals surface area contributed by atoms with Gasteiger partial charge in [-0.1, -0.05) is 6.92 Å². The van der Waals surface area contributed by atoms with Crippen LogP contribution in [0.15, 0.2) is 11.2 Å². The highest BCUT2D eigenvalue weighted by molar-refractivity contribution is 7.89. The van der Waals surface area contributed by atoms with Crippen molar-refractivity contribution in [2.45, 2.75) is 24.0 Å². The summed E-state index contributed by atoms with van der Waals surface area (Å²) in [7, 11) is -4.27. The third-order valence-corrected chi connectivity index (χ3v) is 4.35. The van der Waals surface area contributed by atoms with E-state index in [0.717, 1.165) is 0 Å². The van der Waals surface area contributed by atoms with Crippen LogP contribution in [0.25, 0.3) is 0 Å². The minimum Gasteiger partial charge on any atom is -0.266 e. The van der Waals surface area contributed by atoms with Crippen LogP contribution < -0.4 is 0 Å². The van der Waals surface area contributed by atoms with Gasteiger partial charge >= 0.3 is 6.18 Å². The van der Waals surface area contributed by atoms with Crippen molar-refractivity contribution in [1.82, 2.24) is 14.5 Å². The first-order valence-electron chi connectivity index (χ1n) is 4.87. The topological polar surface area (TPSA) is 66.1 Å². The molecule has 0 unspecified atom stereocenters. The molecular weight excluding hydrogens is 295 g/mol. The highest BCUT2D eigenvalue weighted by Gasteiger charge is 2.37. The van der Waals surface area contributed by atoms with Gasteiger partial charge in [-0.05, 0) is 0 Å². The van der Waals surface area contributed by atoms with Crippen molar-refractivity contribution < 1.29 is 21.6 Å². The number of alkyl halides is 4. The van der Waals surface area contributed by atoms with E-state index in [0.29, 0.717) is 4.31 Å². The fourth-order valence-corrected chi connectivity index (χ4v) is 3.13. The second-order valence-electron chi connectivity index (χ2n) is 3.40. The molecule has 1 aromatic heterocycles. The maximum absolute atomic E-state index is 12.3. The lowest BCUT2D eigenvalue weighted by molar-refractivity contribution is -0.135. The van der Waals surface area contributed by atoms with Gasteiger partial charge in [-0.2, -0.15) is 22.6 Å². The Morgan fingerprint density at radius 2 is 2.11 bits per heavy atom. The molecule has 0 saturated carbocycles. The van der Waals surface area contributed by atoms with Crippen LogP contribution in [0.3, 0.4) is 0 Å². The van der Waals surface area contributed by atoms with Crippen molar-refractivity contribution in [2.75, 3.05) is 13.1 Å². The Hall–Kier alpha value is -0.800. The van der Waals surface area contributed by atoms with Crippen molar-refractivity contribution in [3.05, 3.63) is 11.8 Å². The van der Waals surface area contributed by atoms with Crippen molar-refractivity contribution in [3.8, 4) is 0 Å². The molecule has 0 aliphatic heterocycles. The van der Waals surface area contributed by atoms with E-state index >= 15 is 0 Å². The smallest absolute Gasteiger partial charge is 0.266 e. The first-order valence-corrected chi connectivity index (χ1v) is 6.85. The first-order chi connectivity index (χ1) is 8.22. The van der Waals surface area contributed by atoms with E-state index in [1.54, 1.807) is 0 Å². The molecule has 104 valence electrons. The van der Waals surface area contributed by atoms with Gasteiger partial charge in [0.15, 0.2) is 5.03 Å². The van der Waals surface area contributed by atoms with Gasteiger partial charge in [0.05, 0.1) is 12.1 Å². The molecule has 0 aliphatic carbocycles. The molecule has 0 fully saturated rings. The summed E-state index contributed by atoms with van der Waals surface area (Å²) in [6.07, 6.45) is -3.44. The van der Waals surface area contributed by atoms with Crippen LogP contribution in [0.4, 0.5) is 13.2 Å². The van der Waals surface area contributed by atoms with Gasteiger partial charge in [0, 0.05) is 12.1 Å². The van der Waals surface area contributed by atoms with E-state index in [9.17, 15) is 21.6 Å². The average Bonchev–Trinajstić information content (AvgIpc) is 2.72. The maximum Gasteiger partial charge on any atom is 0.402 e. The standard InChI is InChI=1S/C8H11ClF3N3O2S/c1-2-15(5-8(10,11)12)18(16,17)7-6(3-9)4-13-14-7/h4H,2-3,5H2,1H3,(H,13,14). The lowest BCUT2D eigenvalue weighted by atomic mass is 10.4. The highest BCUT2D eigenvalue weighted by Crippen LogP contribution is 2.23. The van der Waals surface area contributed by atoms with Crippen LogP contribution in [0.1, 0.15) is 12.5 Å². The Labute approximate surface area is 107 Å². The summed E-state index contributed by atoms with van der Waals surface area (Å²) < 4.78 is 61.1. The molecule has 0 radical (unpaired) electrons. The number of H-pyrrole nitrogens is 1. The summed E-state index contributed by atoms with van der Waals surface area (Å²) in [5.74, 6) is -0.158. The average molecular weight is 306 g/mol. The molecule has 0 spiro atoms. The summed E-state index contributed by atoms with van der Waals surface area (Å²) in [4.78, 5) is 0. The zero-order chi connectivity index (χ0) is 14.0. The summed E-state index contributed by atoms with van der Waals surface area (Å²) in [5.41, 5.74) is 0.136. The van der Waals surface area contributed by atoms with Crippen molar-refractivity contribution >= 4 is 21.6 Å². The first kappa shape index (κ1) is 15.3. The van der Waals surface area contributed by atoms with Crippen molar-refractivity contribution in [2.24, 2.45) is 0 Å². The van der Waals surface area contributed by atoms with Crippen LogP contribution in [-0.4, -0.2) is 42.2 Å². The molecule has 0 amide bonds. The number of rotatable bonds is 5. The quantitative estimate of drug-likeness (QED) is 0.842. The summed E-state index contributed by atoms with van der Waals surface area (Å²) in [6, 6.07) is 0. The van der Waals surface area contributed by atoms with E-state index in [2.05, 4.69) is 10.2 Å². The number of sulfonamides is 1. The summed E-state index contributed by atoms with van der Waals surface area (Å²) in [5, 5.41) is 5.24. The number of halogens is 4. The fourth-order valence-electron chi connectivity index (χ4n) is 1.31. The lowest BCUT2D eigenvalue weighted by Crippen LogP contribution is -2.39. The molecule has 1 heterocycles. The van der Waals surface area contributed by atoms with Gasteiger partial charge in [0.2, 0.25) is 0 Å². The van der Waals surface area contributed by atoms with E-state index in [-0.39, 0.29) is 18.0 Å². The minimum atomic E-state index is -4.61. The number of hydrogen-bond donors (Lipinski definition) is 1.